The lowest BCUT2D eigenvalue weighted by Gasteiger charge is -2.12. The average Bonchev–Trinajstić information content (AvgIpc) is 2.99. The van der Waals surface area contributed by atoms with E-state index in [2.05, 4.69) is 15.0 Å². The van der Waals surface area contributed by atoms with Crippen LogP contribution in [0.4, 0.5) is 0 Å². The van der Waals surface area contributed by atoms with Crippen LogP contribution in [0.1, 0.15) is 11.4 Å². The van der Waals surface area contributed by atoms with Crippen LogP contribution in [0.3, 0.4) is 0 Å². The number of hydrogen-bond acceptors (Lipinski definition) is 3. The number of ether oxygens (including phenoxy) is 1. The molecule has 0 bridgehead atoms. The zero-order valence-electron chi connectivity index (χ0n) is 14.0. The summed E-state index contributed by atoms with van der Waals surface area (Å²) in [7, 11) is 0. The third kappa shape index (κ3) is 2.80. The molecule has 2 aromatic heterocycles. The van der Waals surface area contributed by atoms with Crippen molar-refractivity contribution in [1.29, 1.82) is 0 Å². The van der Waals surface area contributed by atoms with E-state index in [0.29, 0.717) is 11.3 Å². The number of H-pyrrole nitrogens is 2. The van der Waals surface area contributed by atoms with Crippen LogP contribution in [-0.2, 0) is 0 Å². The van der Waals surface area contributed by atoms with E-state index in [1.54, 1.807) is 13.1 Å². The highest BCUT2D eigenvalue weighted by Crippen LogP contribution is 2.38. The van der Waals surface area contributed by atoms with Crippen molar-refractivity contribution >= 4 is 11.0 Å². The summed E-state index contributed by atoms with van der Waals surface area (Å²) >= 11 is 0. The van der Waals surface area contributed by atoms with Crippen LogP contribution in [0.15, 0.2) is 59.5 Å². The molecule has 2 aromatic carbocycles. The van der Waals surface area contributed by atoms with Gasteiger partial charge in [0.1, 0.15) is 17.1 Å². The molecular formula is C20H17N3O2. The Labute approximate surface area is 144 Å². The van der Waals surface area contributed by atoms with Gasteiger partial charge in [-0.05, 0) is 44.2 Å². The number of rotatable bonds is 3. The standard InChI is InChI=1S/C20H17N3O2/c1-12-10-14(11-21-20(12)24)16-8-9-17-18(23-13(2)22-17)19(16)25-15-6-4-3-5-7-15/h3-11H,1-2H3,(H,21,24)(H,22,23). The Bertz CT molecular complexity index is 1110. The van der Waals surface area contributed by atoms with Gasteiger partial charge in [-0.3, -0.25) is 4.79 Å². The first-order valence-electron chi connectivity index (χ1n) is 8.04. The normalized spacial score (nSPS) is 11.0. The van der Waals surface area contributed by atoms with Gasteiger partial charge in [0, 0.05) is 22.9 Å². The van der Waals surface area contributed by atoms with Gasteiger partial charge in [0.25, 0.3) is 5.56 Å². The highest BCUT2D eigenvalue weighted by Gasteiger charge is 2.15. The van der Waals surface area contributed by atoms with Crippen LogP contribution in [0, 0.1) is 13.8 Å². The molecule has 5 heteroatoms. The van der Waals surface area contributed by atoms with Gasteiger partial charge in [0.05, 0.1) is 5.52 Å². The minimum absolute atomic E-state index is 0.0917. The first-order valence-corrected chi connectivity index (χ1v) is 8.04. The molecule has 0 saturated carbocycles. The van der Waals surface area contributed by atoms with Gasteiger partial charge >= 0.3 is 0 Å². The maximum atomic E-state index is 11.7. The molecule has 0 aliphatic rings. The van der Waals surface area contributed by atoms with Gasteiger partial charge < -0.3 is 14.7 Å². The van der Waals surface area contributed by atoms with Crippen LogP contribution in [-0.4, -0.2) is 15.0 Å². The maximum absolute atomic E-state index is 11.7. The number of aromatic nitrogens is 3. The fraction of sp³-hybridized carbons (Fsp3) is 0.100. The maximum Gasteiger partial charge on any atom is 0.250 e. The summed E-state index contributed by atoms with van der Waals surface area (Å²) in [6, 6.07) is 15.4. The Morgan fingerprint density at radius 2 is 1.84 bits per heavy atom. The van der Waals surface area contributed by atoms with Gasteiger partial charge in [-0.25, -0.2) is 4.98 Å². The van der Waals surface area contributed by atoms with Crippen LogP contribution in [0.5, 0.6) is 11.5 Å². The summed E-state index contributed by atoms with van der Waals surface area (Å²) in [6.07, 6.45) is 1.70. The minimum Gasteiger partial charge on any atom is -0.454 e. The van der Waals surface area contributed by atoms with E-state index >= 15 is 0 Å². The molecule has 4 aromatic rings. The molecule has 124 valence electrons. The number of aromatic amines is 2. The summed E-state index contributed by atoms with van der Waals surface area (Å²) < 4.78 is 6.19. The number of benzene rings is 2. The molecule has 0 amide bonds. The smallest absolute Gasteiger partial charge is 0.250 e. The molecular weight excluding hydrogens is 314 g/mol. The summed E-state index contributed by atoms with van der Waals surface area (Å²) in [6.45, 7) is 3.70. The number of aryl methyl sites for hydroxylation is 2. The molecule has 0 fully saturated rings. The van der Waals surface area contributed by atoms with Crippen molar-refractivity contribution in [2.45, 2.75) is 13.8 Å². The zero-order chi connectivity index (χ0) is 17.4. The first-order chi connectivity index (χ1) is 12.1. The van der Waals surface area contributed by atoms with Crippen molar-refractivity contribution in [3.8, 4) is 22.6 Å². The summed E-state index contributed by atoms with van der Waals surface area (Å²) in [5.41, 5.74) is 4.00. The number of fused-ring (bicyclic) bond motifs is 1. The molecule has 0 saturated heterocycles. The van der Waals surface area contributed by atoms with Crippen LogP contribution >= 0.6 is 0 Å². The van der Waals surface area contributed by atoms with Gasteiger partial charge in [-0.15, -0.1) is 0 Å². The molecule has 4 rings (SSSR count). The first kappa shape index (κ1) is 15.2. The van der Waals surface area contributed by atoms with Gasteiger partial charge in [0.15, 0.2) is 5.75 Å². The van der Waals surface area contributed by atoms with E-state index in [-0.39, 0.29) is 5.56 Å². The second-order valence-electron chi connectivity index (χ2n) is 5.98. The number of nitrogens with one attached hydrogen (secondary N) is 2. The Balaban J connectivity index is 1.95. The van der Waals surface area contributed by atoms with Crippen molar-refractivity contribution in [1.82, 2.24) is 15.0 Å². The van der Waals surface area contributed by atoms with Gasteiger partial charge in [-0.1, -0.05) is 18.2 Å². The zero-order valence-corrected chi connectivity index (χ0v) is 14.0. The van der Waals surface area contributed by atoms with E-state index in [1.807, 2.05) is 55.5 Å². The second-order valence-corrected chi connectivity index (χ2v) is 5.98. The lowest BCUT2D eigenvalue weighted by molar-refractivity contribution is 0.489. The molecule has 25 heavy (non-hydrogen) atoms. The largest absolute Gasteiger partial charge is 0.454 e. The Morgan fingerprint density at radius 3 is 2.60 bits per heavy atom. The number of pyridine rings is 1. The third-order valence-electron chi connectivity index (χ3n) is 4.09. The van der Waals surface area contributed by atoms with E-state index in [0.717, 1.165) is 33.7 Å². The minimum atomic E-state index is -0.0917. The molecule has 5 nitrogen and oxygen atoms in total. The predicted molar refractivity (Wildman–Crippen MR) is 98.1 cm³/mol. The van der Waals surface area contributed by atoms with Gasteiger partial charge in [0.2, 0.25) is 0 Å². The van der Waals surface area contributed by atoms with E-state index in [4.69, 9.17) is 4.74 Å². The predicted octanol–water partition coefficient (Wildman–Crippen LogP) is 4.33. The van der Waals surface area contributed by atoms with Crippen molar-refractivity contribution < 1.29 is 4.74 Å². The molecule has 0 spiro atoms. The molecule has 2 N–H and O–H groups in total. The topological polar surface area (TPSA) is 70.8 Å². The molecule has 2 heterocycles. The quantitative estimate of drug-likeness (QED) is 0.587. The van der Waals surface area contributed by atoms with E-state index in [9.17, 15) is 4.79 Å². The molecule has 0 atom stereocenters. The highest BCUT2D eigenvalue weighted by molar-refractivity contribution is 5.91. The van der Waals surface area contributed by atoms with Crippen LogP contribution in [0.25, 0.3) is 22.2 Å². The van der Waals surface area contributed by atoms with E-state index in [1.165, 1.54) is 0 Å². The Hall–Kier alpha value is -3.34. The summed E-state index contributed by atoms with van der Waals surface area (Å²) in [5.74, 6) is 2.22. The van der Waals surface area contributed by atoms with Gasteiger partial charge in [-0.2, -0.15) is 0 Å². The molecule has 0 aliphatic carbocycles. The Kier molecular flexibility index (Phi) is 3.61. The van der Waals surface area contributed by atoms with Crippen molar-refractivity contribution in [2.24, 2.45) is 0 Å². The number of para-hydroxylation sites is 1. The number of nitrogens with zero attached hydrogens (tertiary/aromatic N) is 1. The van der Waals surface area contributed by atoms with Crippen molar-refractivity contribution in [3.05, 3.63) is 76.5 Å². The SMILES string of the molecule is Cc1nc2c(Oc3ccccc3)c(-c3c[nH]c(=O)c(C)c3)ccc2[nH]1. The molecule has 0 aliphatic heterocycles. The average molecular weight is 331 g/mol. The molecule has 0 unspecified atom stereocenters. The number of imidazole rings is 1. The van der Waals surface area contributed by atoms with Crippen LogP contribution < -0.4 is 10.3 Å². The van der Waals surface area contributed by atoms with Crippen LogP contribution in [0.2, 0.25) is 0 Å². The van der Waals surface area contributed by atoms with E-state index < -0.39 is 0 Å². The highest BCUT2D eigenvalue weighted by atomic mass is 16.5. The monoisotopic (exact) mass is 331 g/mol. The molecule has 0 radical (unpaired) electrons. The lowest BCUT2D eigenvalue weighted by Crippen LogP contribution is -2.08. The fourth-order valence-corrected chi connectivity index (χ4v) is 2.86. The Morgan fingerprint density at radius 1 is 1.04 bits per heavy atom. The lowest BCUT2D eigenvalue weighted by atomic mass is 10.0. The summed E-state index contributed by atoms with van der Waals surface area (Å²) in [5, 5.41) is 0. The fourth-order valence-electron chi connectivity index (χ4n) is 2.86. The third-order valence-corrected chi connectivity index (χ3v) is 4.09. The van der Waals surface area contributed by atoms with Crippen molar-refractivity contribution in [2.75, 3.05) is 0 Å². The van der Waals surface area contributed by atoms with Crippen molar-refractivity contribution in [3.63, 3.8) is 0 Å². The summed E-state index contributed by atoms with van der Waals surface area (Å²) in [4.78, 5) is 22.3. The second kappa shape index (κ2) is 5.94. The number of hydrogen-bond donors (Lipinski definition) is 2.